The van der Waals surface area contributed by atoms with Gasteiger partial charge in [-0.25, -0.2) is 14.0 Å². The van der Waals surface area contributed by atoms with Crippen LogP contribution in [0.2, 0.25) is 0 Å². The Morgan fingerprint density at radius 2 is 2.07 bits per heavy atom. The van der Waals surface area contributed by atoms with E-state index in [0.717, 1.165) is 17.4 Å². The lowest BCUT2D eigenvalue weighted by Gasteiger charge is -2.05. The number of hydrogen-bond donors (Lipinski definition) is 1. The molecular weight excluding hydrogens is 393 g/mol. The molecule has 0 spiro atoms. The van der Waals surface area contributed by atoms with E-state index in [0.29, 0.717) is 11.5 Å². The minimum absolute atomic E-state index is 0.0242. The minimum atomic E-state index is -0.931. The molecule has 1 aromatic carbocycles. The summed E-state index contributed by atoms with van der Waals surface area (Å²) < 4.78 is 24.9. The average Bonchev–Trinajstić information content (AvgIpc) is 3.29. The third-order valence-corrected chi connectivity index (χ3v) is 4.86. The molecule has 9 heteroatoms. The minimum Gasteiger partial charge on any atom is -0.461 e. The number of nitrogens with zero attached hydrogens (tertiary/aromatic N) is 2. The number of ketones is 1. The van der Waals surface area contributed by atoms with Gasteiger partial charge in [0.05, 0.1) is 12.2 Å². The monoisotopic (exact) mass is 411 g/mol. The van der Waals surface area contributed by atoms with Crippen LogP contribution in [0.1, 0.15) is 45.0 Å². The summed E-state index contributed by atoms with van der Waals surface area (Å²) in [5, 5.41) is 3.88. The Kier molecular flexibility index (Phi) is 4.94. The molecule has 2 heterocycles. The summed E-state index contributed by atoms with van der Waals surface area (Å²) in [6, 6.07) is 5.88. The lowest BCUT2D eigenvalue weighted by Crippen LogP contribution is -2.24. The molecule has 154 valence electrons. The molecule has 1 fully saturated rings. The third-order valence-electron chi connectivity index (χ3n) is 4.86. The van der Waals surface area contributed by atoms with Crippen LogP contribution in [0, 0.1) is 18.7 Å². The van der Waals surface area contributed by atoms with E-state index in [-0.39, 0.29) is 34.9 Å². The lowest BCUT2D eigenvalue weighted by molar-refractivity contribution is 0.0476. The lowest BCUT2D eigenvalue weighted by atomic mass is 9.99. The molecule has 1 saturated carbocycles. The van der Waals surface area contributed by atoms with Crippen molar-refractivity contribution in [2.75, 3.05) is 6.61 Å². The maximum absolute atomic E-state index is 13.6. The van der Waals surface area contributed by atoms with Crippen LogP contribution in [0.3, 0.4) is 0 Å². The molecule has 0 radical (unpaired) electrons. The Balaban J connectivity index is 1.70. The second-order valence-corrected chi connectivity index (χ2v) is 7.17. The molecule has 4 rings (SSSR count). The second kappa shape index (κ2) is 7.58. The van der Waals surface area contributed by atoms with Crippen molar-refractivity contribution >= 4 is 17.8 Å². The number of nitrogens with two attached hydrogens (primary N) is 1. The van der Waals surface area contributed by atoms with Gasteiger partial charge in [-0.05, 0) is 43.9 Å². The molecule has 2 N–H and O–H groups in total. The van der Waals surface area contributed by atoms with Gasteiger partial charge in [-0.15, -0.1) is 0 Å². The number of ether oxygens (including phenoxy) is 1. The Hall–Kier alpha value is -3.75. The van der Waals surface area contributed by atoms with Crippen LogP contribution in [0.15, 0.2) is 41.1 Å². The number of benzene rings is 1. The zero-order valence-corrected chi connectivity index (χ0v) is 16.1. The number of primary amides is 1. The zero-order chi connectivity index (χ0) is 21.4. The van der Waals surface area contributed by atoms with Crippen molar-refractivity contribution in [3.63, 3.8) is 0 Å². The van der Waals surface area contributed by atoms with E-state index in [9.17, 15) is 18.8 Å². The van der Waals surface area contributed by atoms with Gasteiger partial charge < -0.3 is 15.0 Å². The number of carbonyl (C=O) groups excluding carboxylic acids is 3. The Morgan fingerprint density at radius 3 is 2.73 bits per heavy atom. The number of rotatable bonds is 6. The van der Waals surface area contributed by atoms with E-state index >= 15 is 0 Å². The van der Waals surface area contributed by atoms with Gasteiger partial charge in [-0.2, -0.15) is 0 Å². The number of amides is 1. The van der Waals surface area contributed by atoms with E-state index in [2.05, 4.69) is 5.16 Å². The SMILES string of the molecule is Cc1onc(-c2cccc(F)c2)c1C(=O)c1cc(C(=O)OCC2CC2)n(C(N)=O)c1. The molecule has 0 aliphatic heterocycles. The first-order valence-electron chi connectivity index (χ1n) is 9.31. The fourth-order valence-electron chi connectivity index (χ4n) is 3.10. The summed E-state index contributed by atoms with van der Waals surface area (Å²) in [7, 11) is 0. The summed E-state index contributed by atoms with van der Waals surface area (Å²) >= 11 is 0. The molecule has 8 nitrogen and oxygen atoms in total. The highest BCUT2D eigenvalue weighted by Crippen LogP contribution is 2.30. The molecule has 0 atom stereocenters. The molecule has 1 aliphatic rings. The van der Waals surface area contributed by atoms with Crippen LogP contribution < -0.4 is 5.73 Å². The van der Waals surface area contributed by atoms with Crippen molar-refractivity contribution in [1.82, 2.24) is 9.72 Å². The van der Waals surface area contributed by atoms with Crippen LogP contribution in [0.25, 0.3) is 11.3 Å². The van der Waals surface area contributed by atoms with Crippen molar-refractivity contribution in [3.8, 4) is 11.3 Å². The average molecular weight is 411 g/mol. The molecule has 0 bridgehead atoms. The zero-order valence-electron chi connectivity index (χ0n) is 16.1. The highest BCUT2D eigenvalue weighted by molar-refractivity contribution is 6.14. The van der Waals surface area contributed by atoms with Gasteiger partial charge in [0, 0.05) is 17.3 Å². The number of carbonyl (C=O) groups is 3. The first-order valence-corrected chi connectivity index (χ1v) is 9.31. The largest absolute Gasteiger partial charge is 0.461 e. The highest BCUT2D eigenvalue weighted by Gasteiger charge is 2.28. The highest BCUT2D eigenvalue weighted by atomic mass is 19.1. The summed E-state index contributed by atoms with van der Waals surface area (Å²) in [6.45, 7) is 1.79. The topological polar surface area (TPSA) is 117 Å². The maximum atomic E-state index is 13.6. The normalized spacial score (nSPS) is 13.3. The Bertz CT molecular complexity index is 1160. The van der Waals surface area contributed by atoms with Gasteiger partial charge >= 0.3 is 12.0 Å². The van der Waals surface area contributed by atoms with Crippen LogP contribution >= 0.6 is 0 Å². The van der Waals surface area contributed by atoms with Crippen LogP contribution in [0.4, 0.5) is 9.18 Å². The molecule has 1 amide bonds. The second-order valence-electron chi connectivity index (χ2n) is 7.17. The fourth-order valence-corrected chi connectivity index (χ4v) is 3.10. The summed E-state index contributed by atoms with van der Waals surface area (Å²) in [5.74, 6) is -1.24. The van der Waals surface area contributed by atoms with Crippen molar-refractivity contribution in [2.45, 2.75) is 19.8 Å². The van der Waals surface area contributed by atoms with Gasteiger partial charge in [0.1, 0.15) is 23.0 Å². The van der Waals surface area contributed by atoms with E-state index < -0.39 is 23.6 Å². The van der Waals surface area contributed by atoms with Gasteiger partial charge in [0.15, 0.2) is 5.78 Å². The van der Waals surface area contributed by atoms with Gasteiger partial charge in [0.2, 0.25) is 0 Å². The Morgan fingerprint density at radius 1 is 1.30 bits per heavy atom. The number of hydrogen-bond acceptors (Lipinski definition) is 6. The van der Waals surface area contributed by atoms with E-state index in [1.807, 2.05) is 0 Å². The molecule has 30 heavy (non-hydrogen) atoms. The summed E-state index contributed by atoms with van der Waals surface area (Å²) in [4.78, 5) is 37.4. The number of halogens is 1. The summed E-state index contributed by atoms with van der Waals surface area (Å²) in [6.07, 6.45) is 3.15. The van der Waals surface area contributed by atoms with Crippen molar-refractivity contribution in [2.24, 2.45) is 11.7 Å². The van der Waals surface area contributed by atoms with Gasteiger partial charge in [0.25, 0.3) is 0 Å². The third kappa shape index (κ3) is 3.73. The molecule has 0 unspecified atom stereocenters. The van der Waals surface area contributed by atoms with Crippen LogP contribution in [0.5, 0.6) is 0 Å². The van der Waals surface area contributed by atoms with E-state index in [4.69, 9.17) is 15.0 Å². The molecule has 2 aromatic heterocycles. The van der Waals surface area contributed by atoms with Crippen molar-refractivity contribution in [1.29, 1.82) is 0 Å². The Labute approximate surface area is 170 Å². The first kappa shape index (κ1) is 19.6. The quantitative estimate of drug-likeness (QED) is 0.491. The van der Waals surface area contributed by atoms with E-state index in [1.54, 1.807) is 13.0 Å². The van der Waals surface area contributed by atoms with Crippen molar-refractivity contribution in [3.05, 3.63) is 64.9 Å². The maximum Gasteiger partial charge on any atom is 0.355 e. The van der Waals surface area contributed by atoms with Crippen LogP contribution in [-0.4, -0.2) is 34.1 Å². The van der Waals surface area contributed by atoms with Gasteiger partial charge in [-0.3, -0.25) is 9.36 Å². The van der Waals surface area contributed by atoms with Crippen molar-refractivity contribution < 1.29 is 28.0 Å². The summed E-state index contributed by atoms with van der Waals surface area (Å²) in [5.41, 5.74) is 5.84. The van der Waals surface area contributed by atoms with Gasteiger partial charge in [-0.1, -0.05) is 17.3 Å². The molecule has 0 saturated heterocycles. The first-order chi connectivity index (χ1) is 14.3. The smallest absolute Gasteiger partial charge is 0.355 e. The fraction of sp³-hybridized carbons (Fsp3) is 0.238. The molecular formula is C21H18FN3O5. The number of aromatic nitrogens is 2. The molecule has 3 aromatic rings. The predicted octanol–water partition coefficient (Wildman–Crippen LogP) is 3.32. The molecule has 1 aliphatic carbocycles. The predicted molar refractivity (Wildman–Crippen MR) is 102 cm³/mol. The standard InChI is InChI=1S/C21H18FN3O5/c1-11-17(18(24-30-11)13-3-2-4-15(22)7-13)19(26)14-8-16(25(9-14)21(23)28)20(27)29-10-12-5-6-12/h2-4,7-9,12H,5-6,10H2,1H3,(H2,23,28). The number of aryl methyl sites for hydroxylation is 1. The number of esters is 1. The van der Waals surface area contributed by atoms with E-state index in [1.165, 1.54) is 30.5 Å². The van der Waals surface area contributed by atoms with Crippen LogP contribution in [-0.2, 0) is 4.74 Å².